The molecule has 1 aromatic heterocycles. The minimum absolute atomic E-state index is 0.0654. The van der Waals surface area contributed by atoms with E-state index in [9.17, 15) is 19.3 Å². The van der Waals surface area contributed by atoms with Gasteiger partial charge in [-0.2, -0.15) is 0 Å². The van der Waals surface area contributed by atoms with Crippen molar-refractivity contribution in [3.05, 3.63) is 74.4 Å². The van der Waals surface area contributed by atoms with Crippen LogP contribution in [0.3, 0.4) is 0 Å². The third-order valence-corrected chi connectivity index (χ3v) is 4.79. The topological polar surface area (TPSA) is 72.2 Å². The molecule has 1 N–H and O–H groups in total. The van der Waals surface area contributed by atoms with E-state index in [4.69, 9.17) is 0 Å². The second-order valence-electron chi connectivity index (χ2n) is 5.30. The van der Waals surface area contributed by atoms with Gasteiger partial charge in [0.2, 0.25) is 0 Å². The van der Waals surface area contributed by atoms with Gasteiger partial charge in [0.15, 0.2) is 0 Å². The summed E-state index contributed by atoms with van der Waals surface area (Å²) in [6, 6.07) is 9.92. The van der Waals surface area contributed by atoms with Crippen LogP contribution in [-0.2, 0) is 6.54 Å². The van der Waals surface area contributed by atoms with E-state index in [1.807, 2.05) is 29.6 Å². The second-order valence-corrected chi connectivity index (χ2v) is 6.21. The Balaban J connectivity index is 1.81. The number of amides is 1. The molecule has 0 saturated heterocycles. The lowest BCUT2D eigenvalue weighted by molar-refractivity contribution is -0.385. The summed E-state index contributed by atoms with van der Waals surface area (Å²) >= 11 is 1.57. The number of rotatable bonds is 4. The number of fused-ring (bicyclic) bond motifs is 1. The molecular weight excluding hydrogens is 331 g/mol. The number of hydrogen-bond donors (Lipinski definition) is 1. The number of nitrogens with zero attached hydrogens (tertiary/aromatic N) is 1. The SMILES string of the molecule is Cc1c(F)cc(C(=O)NCc2csc3ccccc23)cc1[N+](=O)[O-]. The minimum atomic E-state index is -0.768. The molecule has 3 rings (SSSR count). The molecule has 1 heterocycles. The summed E-state index contributed by atoms with van der Waals surface area (Å²) < 4.78 is 14.9. The number of nitro benzene ring substituents is 1. The lowest BCUT2D eigenvalue weighted by Gasteiger charge is -2.06. The fourth-order valence-corrected chi connectivity index (χ4v) is 3.40. The van der Waals surface area contributed by atoms with Crippen molar-refractivity contribution in [2.24, 2.45) is 0 Å². The molecule has 24 heavy (non-hydrogen) atoms. The number of benzene rings is 2. The van der Waals surface area contributed by atoms with Crippen LogP contribution in [0.2, 0.25) is 0 Å². The van der Waals surface area contributed by atoms with Crippen molar-refractivity contribution >= 4 is 33.0 Å². The van der Waals surface area contributed by atoms with Gasteiger partial charge in [-0.15, -0.1) is 11.3 Å². The first-order chi connectivity index (χ1) is 11.5. The molecule has 0 saturated carbocycles. The number of carbonyl (C=O) groups is 1. The lowest BCUT2D eigenvalue weighted by atomic mass is 10.1. The summed E-state index contributed by atoms with van der Waals surface area (Å²) in [4.78, 5) is 22.5. The summed E-state index contributed by atoms with van der Waals surface area (Å²) in [6.07, 6.45) is 0. The summed E-state index contributed by atoms with van der Waals surface area (Å²) in [5.41, 5.74) is 0.400. The molecule has 3 aromatic rings. The van der Waals surface area contributed by atoms with Crippen LogP contribution < -0.4 is 5.32 Å². The highest BCUT2D eigenvalue weighted by Gasteiger charge is 2.19. The van der Waals surface area contributed by atoms with Crippen LogP contribution >= 0.6 is 11.3 Å². The predicted octanol–water partition coefficient (Wildman–Crippen LogP) is 4.19. The van der Waals surface area contributed by atoms with E-state index in [0.29, 0.717) is 0 Å². The van der Waals surface area contributed by atoms with E-state index < -0.39 is 22.3 Å². The molecule has 0 radical (unpaired) electrons. The first kappa shape index (κ1) is 16.1. The van der Waals surface area contributed by atoms with E-state index in [-0.39, 0.29) is 17.7 Å². The van der Waals surface area contributed by atoms with Crippen molar-refractivity contribution in [3.8, 4) is 0 Å². The van der Waals surface area contributed by atoms with Crippen LogP contribution in [0.1, 0.15) is 21.5 Å². The quantitative estimate of drug-likeness (QED) is 0.570. The number of thiophene rings is 1. The molecule has 0 aliphatic rings. The van der Waals surface area contributed by atoms with Gasteiger partial charge in [0.1, 0.15) is 5.82 Å². The Morgan fingerprint density at radius 3 is 2.83 bits per heavy atom. The van der Waals surface area contributed by atoms with Gasteiger partial charge in [-0.1, -0.05) is 18.2 Å². The fourth-order valence-electron chi connectivity index (χ4n) is 2.43. The van der Waals surface area contributed by atoms with Crippen LogP contribution in [0.5, 0.6) is 0 Å². The van der Waals surface area contributed by atoms with Gasteiger partial charge in [-0.3, -0.25) is 14.9 Å². The maximum absolute atomic E-state index is 13.8. The average molecular weight is 344 g/mol. The first-order valence-corrected chi connectivity index (χ1v) is 8.03. The Hall–Kier alpha value is -2.80. The van der Waals surface area contributed by atoms with Crippen LogP contribution in [0, 0.1) is 22.9 Å². The Labute approximate surface area is 140 Å². The fraction of sp³-hybridized carbons (Fsp3) is 0.118. The zero-order chi connectivity index (χ0) is 17.3. The Morgan fingerprint density at radius 1 is 1.33 bits per heavy atom. The summed E-state index contributed by atoms with van der Waals surface area (Å²) in [5, 5.41) is 16.6. The number of carbonyl (C=O) groups excluding carboxylic acids is 1. The van der Waals surface area contributed by atoms with E-state index in [2.05, 4.69) is 5.32 Å². The molecule has 2 aromatic carbocycles. The highest BCUT2D eigenvalue weighted by Crippen LogP contribution is 2.26. The van der Waals surface area contributed by atoms with Crippen LogP contribution in [0.4, 0.5) is 10.1 Å². The molecule has 0 unspecified atom stereocenters. The highest BCUT2D eigenvalue weighted by atomic mass is 32.1. The molecule has 0 fully saturated rings. The zero-order valence-corrected chi connectivity index (χ0v) is 13.5. The molecule has 122 valence electrons. The smallest absolute Gasteiger partial charge is 0.276 e. The normalized spacial score (nSPS) is 10.8. The van der Waals surface area contributed by atoms with Gasteiger partial charge in [0.05, 0.1) is 10.5 Å². The molecule has 0 atom stereocenters. The van der Waals surface area contributed by atoms with Crippen molar-refractivity contribution < 1.29 is 14.1 Å². The van der Waals surface area contributed by atoms with Crippen LogP contribution in [0.25, 0.3) is 10.1 Å². The Morgan fingerprint density at radius 2 is 2.08 bits per heavy atom. The molecule has 0 aliphatic heterocycles. The highest BCUT2D eigenvalue weighted by molar-refractivity contribution is 7.17. The van der Waals surface area contributed by atoms with E-state index in [1.165, 1.54) is 6.92 Å². The van der Waals surface area contributed by atoms with Crippen molar-refractivity contribution in [2.75, 3.05) is 0 Å². The third-order valence-electron chi connectivity index (χ3n) is 3.78. The number of nitro groups is 1. The Bertz CT molecular complexity index is 952. The van der Waals surface area contributed by atoms with Crippen molar-refractivity contribution in [2.45, 2.75) is 13.5 Å². The van der Waals surface area contributed by atoms with E-state index in [0.717, 1.165) is 27.8 Å². The first-order valence-electron chi connectivity index (χ1n) is 7.15. The average Bonchev–Trinajstić information content (AvgIpc) is 2.98. The monoisotopic (exact) mass is 344 g/mol. The molecule has 7 heteroatoms. The second kappa shape index (κ2) is 6.37. The summed E-state index contributed by atoms with van der Waals surface area (Å²) in [7, 11) is 0. The number of nitrogens with one attached hydrogen (secondary N) is 1. The molecule has 0 aliphatic carbocycles. The maximum Gasteiger partial charge on any atom is 0.276 e. The van der Waals surface area contributed by atoms with Gasteiger partial charge in [0.25, 0.3) is 11.6 Å². The lowest BCUT2D eigenvalue weighted by Crippen LogP contribution is -2.23. The van der Waals surface area contributed by atoms with Gasteiger partial charge >= 0.3 is 0 Å². The zero-order valence-electron chi connectivity index (χ0n) is 12.7. The standard InChI is InChI=1S/C17H13FN2O3S/c1-10-14(18)6-11(7-15(10)20(22)23)17(21)19-8-12-9-24-16-5-3-2-4-13(12)16/h2-7,9H,8H2,1H3,(H,19,21). The molecule has 0 spiro atoms. The number of halogens is 1. The summed E-state index contributed by atoms with van der Waals surface area (Å²) in [6.45, 7) is 1.58. The van der Waals surface area contributed by atoms with Crippen LogP contribution in [-0.4, -0.2) is 10.8 Å². The molecule has 5 nitrogen and oxygen atoms in total. The van der Waals surface area contributed by atoms with Crippen molar-refractivity contribution in [1.82, 2.24) is 5.32 Å². The number of hydrogen-bond acceptors (Lipinski definition) is 4. The van der Waals surface area contributed by atoms with Crippen molar-refractivity contribution in [1.29, 1.82) is 0 Å². The van der Waals surface area contributed by atoms with Gasteiger partial charge in [0, 0.05) is 22.9 Å². The van der Waals surface area contributed by atoms with E-state index in [1.54, 1.807) is 11.3 Å². The molecule has 1 amide bonds. The van der Waals surface area contributed by atoms with Gasteiger partial charge < -0.3 is 5.32 Å². The van der Waals surface area contributed by atoms with Gasteiger partial charge in [-0.25, -0.2) is 4.39 Å². The largest absolute Gasteiger partial charge is 0.348 e. The predicted molar refractivity (Wildman–Crippen MR) is 90.8 cm³/mol. The maximum atomic E-state index is 13.8. The van der Waals surface area contributed by atoms with Crippen molar-refractivity contribution in [3.63, 3.8) is 0 Å². The third kappa shape index (κ3) is 2.98. The molecular formula is C17H13FN2O3S. The van der Waals surface area contributed by atoms with Gasteiger partial charge in [-0.05, 0) is 35.4 Å². The summed E-state index contributed by atoms with van der Waals surface area (Å²) in [5.74, 6) is -1.32. The Kier molecular flexibility index (Phi) is 4.26. The van der Waals surface area contributed by atoms with Crippen LogP contribution in [0.15, 0.2) is 41.8 Å². The van der Waals surface area contributed by atoms with E-state index >= 15 is 0 Å². The minimum Gasteiger partial charge on any atom is -0.348 e. The molecule has 0 bridgehead atoms.